The van der Waals surface area contributed by atoms with Crippen molar-refractivity contribution in [3.05, 3.63) is 53.6 Å². The van der Waals surface area contributed by atoms with Gasteiger partial charge in [-0.3, -0.25) is 4.79 Å². The zero-order valence-electron chi connectivity index (χ0n) is 30.4. The van der Waals surface area contributed by atoms with E-state index in [1.54, 1.807) is 11.4 Å². The van der Waals surface area contributed by atoms with Gasteiger partial charge in [-0.05, 0) is 129 Å². The highest BCUT2D eigenvalue weighted by molar-refractivity contribution is 7.88. The number of benzene rings is 1. The van der Waals surface area contributed by atoms with Crippen LogP contribution in [0, 0.1) is 56.7 Å². The van der Waals surface area contributed by atoms with E-state index in [4.69, 9.17) is 4.74 Å². The number of hydrogen-bond donors (Lipinski definition) is 2. The summed E-state index contributed by atoms with van der Waals surface area (Å²) in [5.74, 6) is 2.43. The van der Waals surface area contributed by atoms with Crippen LogP contribution < -0.4 is 4.74 Å². The third kappa shape index (κ3) is 4.48. The van der Waals surface area contributed by atoms with E-state index >= 15 is 0 Å². The molecule has 0 aliphatic heterocycles. The van der Waals surface area contributed by atoms with Crippen molar-refractivity contribution in [2.45, 2.75) is 104 Å². The molecule has 6 fully saturated rings. The van der Waals surface area contributed by atoms with E-state index in [9.17, 15) is 23.4 Å². The van der Waals surface area contributed by atoms with E-state index in [1.807, 2.05) is 24.3 Å². The summed E-state index contributed by atoms with van der Waals surface area (Å²) in [6, 6.07) is 7.37. The monoisotopic (exact) mass is 691 g/mol. The van der Waals surface area contributed by atoms with E-state index in [2.05, 4.69) is 45.9 Å². The van der Waals surface area contributed by atoms with Crippen molar-refractivity contribution < 1.29 is 28.2 Å². The molecule has 0 heterocycles. The number of carbonyl (C=O) groups is 1. The number of ketones is 1. The van der Waals surface area contributed by atoms with Gasteiger partial charge in [0, 0.05) is 40.5 Å². The zero-order chi connectivity index (χ0) is 35.0. The van der Waals surface area contributed by atoms with Crippen LogP contribution in [-0.2, 0) is 10.0 Å². The Hall–Kier alpha value is -2.00. The second kappa shape index (κ2) is 10.8. The molecule has 10 rings (SSSR count). The number of fused-ring (bicyclic) bond motifs is 3. The minimum absolute atomic E-state index is 0.00894. The normalized spacial score (nSPS) is 45.9. The maximum absolute atomic E-state index is 14.8. The summed E-state index contributed by atoms with van der Waals surface area (Å²) in [7, 11) is -1.95. The number of Topliss-reactive ketones (excluding diaryl/α,β-unsaturated/α-hetero) is 1. The minimum atomic E-state index is -3.57. The highest BCUT2D eigenvalue weighted by Crippen LogP contribution is 2.78. The van der Waals surface area contributed by atoms with Crippen LogP contribution in [0.5, 0.6) is 5.75 Å². The quantitative estimate of drug-likeness (QED) is 0.230. The van der Waals surface area contributed by atoms with Gasteiger partial charge in [-0.25, -0.2) is 8.42 Å². The highest BCUT2D eigenvalue weighted by Gasteiger charge is 2.74. The second-order valence-electron chi connectivity index (χ2n) is 18.6. The number of nitrogens with zero attached hydrogens (tertiary/aromatic N) is 1. The molecule has 2 N–H and O–H groups in total. The van der Waals surface area contributed by atoms with Crippen LogP contribution in [0.25, 0.3) is 0 Å². The van der Waals surface area contributed by atoms with Crippen molar-refractivity contribution in [3.8, 4) is 5.75 Å². The smallest absolute Gasteiger partial charge is 0.211 e. The molecule has 0 saturated heterocycles. The molecule has 1 aromatic carbocycles. The number of rotatable bonds is 8. The zero-order valence-corrected chi connectivity index (χ0v) is 31.2. The first-order valence-electron chi connectivity index (χ1n) is 18.9. The first-order chi connectivity index (χ1) is 22.9. The summed E-state index contributed by atoms with van der Waals surface area (Å²) >= 11 is 0. The average molecular weight is 692 g/mol. The fourth-order valence-electron chi connectivity index (χ4n) is 13.5. The van der Waals surface area contributed by atoms with Crippen LogP contribution in [0.3, 0.4) is 0 Å². The molecule has 49 heavy (non-hydrogen) atoms. The Morgan fingerprint density at radius 2 is 1.61 bits per heavy atom. The molecule has 268 valence electrons. The first kappa shape index (κ1) is 34.1. The van der Waals surface area contributed by atoms with Crippen molar-refractivity contribution in [1.82, 2.24) is 4.31 Å². The van der Waals surface area contributed by atoms with Gasteiger partial charge >= 0.3 is 0 Å². The number of ether oxygens (including phenoxy) is 1. The van der Waals surface area contributed by atoms with Crippen LogP contribution in [0.15, 0.2) is 48.1 Å². The van der Waals surface area contributed by atoms with E-state index in [-0.39, 0.29) is 35.0 Å². The third-order valence-corrected chi connectivity index (χ3v) is 17.9. The summed E-state index contributed by atoms with van der Waals surface area (Å²) in [6.07, 6.45) is 16.3. The summed E-state index contributed by atoms with van der Waals surface area (Å²) in [5, 5.41) is 23.9. The highest BCUT2D eigenvalue weighted by atomic mass is 32.2. The Kier molecular flexibility index (Phi) is 7.50. The lowest BCUT2D eigenvalue weighted by molar-refractivity contribution is -0.174. The molecule has 9 aliphatic carbocycles. The number of aliphatic hydroxyl groups is 2. The van der Waals surface area contributed by atoms with E-state index in [1.165, 1.54) is 12.7 Å². The fourth-order valence-corrected chi connectivity index (χ4v) is 14.5. The van der Waals surface area contributed by atoms with Crippen LogP contribution >= 0.6 is 0 Å². The first-order valence-corrected chi connectivity index (χ1v) is 20.8. The predicted octanol–water partition coefficient (Wildman–Crippen LogP) is 6.80. The number of sulfonamides is 1. The Morgan fingerprint density at radius 3 is 2.27 bits per heavy atom. The Morgan fingerprint density at radius 1 is 0.939 bits per heavy atom. The summed E-state index contributed by atoms with van der Waals surface area (Å²) < 4.78 is 34.1. The van der Waals surface area contributed by atoms with Gasteiger partial charge in [0.15, 0.2) is 5.78 Å². The van der Waals surface area contributed by atoms with Crippen molar-refractivity contribution in [3.63, 3.8) is 0 Å². The number of methoxy groups -OCH3 is 1. The number of allylic oxidation sites excluding steroid dienone is 4. The standard InChI is InChI=1S/C41H57NO6S/c1-36(2)28-10-7-27(31(36)21-28)24-42(49(6,46)47)25-40(45)18-15-34-38(40,4)17-14-33-37(3)16-13-29(43)22-39(37)19-20-41(33,34)32(23-39)35(44)26-8-11-30(48-5)12-9-26/h8-9,11-12,19-20,23,27-29,31,33-34,43,45H,7,10,13-18,21-22,24-25H2,1-6H3/t27-,28-,29?,31-,33+,34+,37+,38-,39-,40+,41+/m0/s1. The lowest BCUT2D eigenvalue weighted by Crippen LogP contribution is -2.67. The van der Waals surface area contributed by atoms with E-state index in [0.29, 0.717) is 42.5 Å². The van der Waals surface area contributed by atoms with Crippen LogP contribution in [0.1, 0.15) is 102 Å². The lowest BCUT2D eigenvalue weighted by Gasteiger charge is -2.71. The number of hydrogen-bond acceptors (Lipinski definition) is 6. The van der Waals surface area contributed by atoms with Crippen molar-refractivity contribution >= 4 is 15.8 Å². The van der Waals surface area contributed by atoms with Crippen LogP contribution in [-0.4, -0.2) is 66.9 Å². The molecule has 2 spiro atoms. The molecule has 11 atom stereocenters. The number of carbonyl (C=O) groups excluding carboxylic acids is 1. The van der Waals surface area contributed by atoms with Gasteiger partial charge in [0.05, 0.1) is 25.1 Å². The van der Waals surface area contributed by atoms with Crippen molar-refractivity contribution in [1.29, 1.82) is 0 Å². The summed E-state index contributed by atoms with van der Waals surface area (Å²) in [5.41, 5.74) is -1.25. The van der Waals surface area contributed by atoms with Gasteiger partial charge < -0.3 is 14.9 Å². The molecule has 9 aliphatic rings. The molecule has 1 unspecified atom stereocenters. The van der Waals surface area contributed by atoms with E-state index in [0.717, 1.165) is 56.4 Å². The Bertz CT molecular complexity index is 1710. The van der Waals surface area contributed by atoms with Crippen molar-refractivity contribution in [2.24, 2.45) is 56.7 Å². The molecule has 0 amide bonds. The second-order valence-corrected chi connectivity index (χ2v) is 20.6. The molecule has 8 heteroatoms. The summed E-state index contributed by atoms with van der Waals surface area (Å²) in [4.78, 5) is 14.8. The maximum Gasteiger partial charge on any atom is 0.211 e. The Labute approximate surface area is 293 Å². The molecule has 7 nitrogen and oxygen atoms in total. The molecule has 0 aromatic heterocycles. The summed E-state index contributed by atoms with van der Waals surface area (Å²) in [6.45, 7) is 9.86. The third-order valence-electron chi connectivity index (χ3n) is 16.7. The van der Waals surface area contributed by atoms with Gasteiger partial charge in [0.1, 0.15) is 5.75 Å². The van der Waals surface area contributed by atoms with E-state index < -0.39 is 38.0 Å². The average Bonchev–Trinajstić information content (AvgIpc) is 3.33. The van der Waals surface area contributed by atoms with Crippen LogP contribution in [0.2, 0.25) is 0 Å². The molecule has 4 bridgehead atoms. The molecule has 6 saturated carbocycles. The van der Waals surface area contributed by atoms with Gasteiger partial charge in [-0.2, -0.15) is 4.31 Å². The van der Waals surface area contributed by atoms with Gasteiger partial charge in [-0.15, -0.1) is 0 Å². The SMILES string of the molecule is COc1ccc(C(=O)C2=C[C@@]34C=C[C@@]25[C@@H]2CC[C@@](O)(CN(C[C@@H]6CC[C@H]7C[C@@H]6C7(C)C)S(C)(=O)=O)[C@@]2(C)CC[C@@H]5[C@@]3(C)CCC(O)C4)cc1. The fraction of sp³-hybridized carbons (Fsp3) is 0.732. The minimum Gasteiger partial charge on any atom is -0.497 e. The largest absolute Gasteiger partial charge is 0.497 e. The van der Waals surface area contributed by atoms with Crippen molar-refractivity contribution in [2.75, 3.05) is 26.5 Å². The van der Waals surface area contributed by atoms with Gasteiger partial charge in [0.25, 0.3) is 0 Å². The predicted molar refractivity (Wildman–Crippen MR) is 190 cm³/mol. The topological polar surface area (TPSA) is 104 Å². The van der Waals surface area contributed by atoms with Gasteiger partial charge in [-0.1, -0.05) is 45.9 Å². The van der Waals surface area contributed by atoms with Crippen LogP contribution in [0.4, 0.5) is 0 Å². The maximum atomic E-state index is 14.8. The number of aliphatic hydroxyl groups excluding tert-OH is 1. The molecule has 0 radical (unpaired) electrons. The molecular weight excluding hydrogens is 635 g/mol. The molecular formula is C41H57NO6S. The van der Waals surface area contributed by atoms with Gasteiger partial charge in [0.2, 0.25) is 10.0 Å². The Balaban J connectivity index is 1.18. The lowest BCUT2D eigenvalue weighted by atomic mass is 9.32. The molecule has 1 aromatic rings.